The Labute approximate surface area is 102 Å². The molecule has 6 heteroatoms. The van der Waals surface area contributed by atoms with Gasteiger partial charge in [-0.3, -0.25) is 0 Å². The monoisotopic (exact) mass is 246 g/mol. The Kier molecular flexibility index (Phi) is 8.13. The second-order valence-electron chi connectivity index (χ2n) is 3.53. The fourth-order valence-corrected chi connectivity index (χ4v) is 1.30. The molecule has 0 aliphatic rings. The van der Waals surface area contributed by atoms with Gasteiger partial charge in [0.05, 0.1) is 6.61 Å². The largest absolute Gasteiger partial charge is 0.480 e. The van der Waals surface area contributed by atoms with E-state index in [4.69, 9.17) is 9.84 Å². The van der Waals surface area contributed by atoms with E-state index in [0.717, 1.165) is 0 Å². The number of amides is 2. The van der Waals surface area contributed by atoms with Gasteiger partial charge >= 0.3 is 12.0 Å². The van der Waals surface area contributed by atoms with Gasteiger partial charge in [0.15, 0.2) is 0 Å². The number of carboxylic acid groups (broad SMARTS) is 1. The van der Waals surface area contributed by atoms with Crippen LogP contribution in [0.5, 0.6) is 0 Å². The highest BCUT2D eigenvalue weighted by Gasteiger charge is 2.20. The highest BCUT2D eigenvalue weighted by molar-refractivity contribution is 5.82. The smallest absolute Gasteiger partial charge is 0.326 e. The molecule has 2 amide bonds. The number of urea groups is 1. The molecule has 100 valence electrons. The van der Waals surface area contributed by atoms with E-state index < -0.39 is 12.0 Å². The van der Waals surface area contributed by atoms with E-state index in [9.17, 15) is 9.59 Å². The zero-order chi connectivity index (χ0) is 13.3. The van der Waals surface area contributed by atoms with Gasteiger partial charge in [0.1, 0.15) is 6.04 Å². The third-order valence-corrected chi connectivity index (χ3v) is 2.38. The van der Waals surface area contributed by atoms with Crippen molar-refractivity contribution >= 4 is 12.0 Å². The molecule has 0 bridgehead atoms. The summed E-state index contributed by atoms with van der Waals surface area (Å²) in [5, 5.41) is 11.3. The molecule has 6 nitrogen and oxygen atoms in total. The third-order valence-electron chi connectivity index (χ3n) is 2.38. The average Bonchev–Trinajstić information content (AvgIpc) is 2.31. The van der Waals surface area contributed by atoms with Crippen molar-refractivity contribution < 1.29 is 19.4 Å². The number of rotatable bonds is 8. The summed E-state index contributed by atoms with van der Waals surface area (Å²) in [5.74, 6) is -1.01. The van der Waals surface area contributed by atoms with Crippen LogP contribution in [-0.4, -0.2) is 54.4 Å². The van der Waals surface area contributed by atoms with Crippen LogP contribution in [-0.2, 0) is 9.53 Å². The Morgan fingerprint density at radius 3 is 2.41 bits per heavy atom. The molecule has 0 saturated carbocycles. The van der Waals surface area contributed by atoms with Crippen LogP contribution in [0.4, 0.5) is 4.79 Å². The van der Waals surface area contributed by atoms with E-state index in [2.05, 4.69) is 5.32 Å². The second kappa shape index (κ2) is 8.81. The zero-order valence-corrected chi connectivity index (χ0v) is 10.7. The van der Waals surface area contributed by atoms with Crippen LogP contribution in [0.1, 0.15) is 27.2 Å². The minimum atomic E-state index is -1.01. The van der Waals surface area contributed by atoms with Crippen LogP contribution < -0.4 is 5.32 Å². The fraction of sp³-hybridized carbons (Fsp3) is 0.818. The van der Waals surface area contributed by atoms with Gasteiger partial charge in [-0.2, -0.15) is 0 Å². The number of hydrogen-bond acceptors (Lipinski definition) is 3. The van der Waals surface area contributed by atoms with Gasteiger partial charge in [0.2, 0.25) is 0 Å². The Morgan fingerprint density at radius 2 is 2.00 bits per heavy atom. The number of nitrogens with zero attached hydrogens (tertiary/aromatic N) is 1. The highest BCUT2D eigenvalue weighted by Crippen LogP contribution is 1.96. The Bertz CT molecular complexity index is 246. The van der Waals surface area contributed by atoms with Crippen LogP contribution in [0.2, 0.25) is 0 Å². The summed E-state index contributed by atoms with van der Waals surface area (Å²) in [7, 11) is 0. The molecule has 0 aliphatic carbocycles. The van der Waals surface area contributed by atoms with Crippen LogP contribution >= 0.6 is 0 Å². The summed E-state index contributed by atoms with van der Waals surface area (Å²) < 4.78 is 5.16. The summed E-state index contributed by atoms with van der Waals surface area (Å²) in [5.41, 5.74) is 0. The second-order valence-corrected chi connectivity index (χ2v) is 3.53. The molecule has 17 heavy (non-hydrogen) atoms. The molecule has 1 atom stereocenters. The predicted molar refractivity (Wildman–Crippen MR) is 64.0 cm³/mol. The normalized spacial score (nSPS) is 11.9. The maximum atomic E-state index is 11.7. The molecular weight excluding hydrogens is 224 g/mol. The molecule has 0 aromatic rings. The van der Waals surface area contributed by atoms with E-state index >= 15 is 0 Å². The first kappa shape index (κ1) is 15.7. The number of hydrogen-bond donors (Lipinski definition) is 2. The third kappa shape index (κ3) is 6.11. The van der Waals surface area contributed by atoms with Crippen molar-refractivity contribution in [2.75, 3.05) is 26.3 Å². The minimum Gasteiger partial charge on any atom is -0.480 e. The number of carbonyl (C=O) groups is 2. The van der Waals surface area contributed by atoms with Gasteiger partial charge in [0.25, 0.3) is 0 Å². The Morgan fingerprint density at radius 1 is 1.35 bits per heavy atom. The van der Waals surface area contributed by atoms with Crippen molar-refractivity contribution in [3.8, 4) is 0 Å². The van der Waals surface area contributed by atoms with Gasteiger partial charge in [-0.05, 0) is 20.3 Å². The fourth-order valence-electron chi connectivity index (χ4n) is 1.30. The number of carbonyl (C=O) groups excluding carboxylic acids is 1. The maximum Gasteiger partial charge on any atom is 0.326 e. The lowest BCUT2D eigenvalue weighted by atomic mass is 10.2. The molecular formula is C11H22N2O4. The van der Waals surface area contributed by atoms with Crippen LogP contribution in [0, 0.1) is 0 Å². The van der Waals surface area contributed by atoms with E-state index in [1.807, 2.05) is 13.8 Å². The van der Waals surface area contributed by atoms with Gasteiger partial charge < -0.3 is 20.1 Å². The van der Waals surface area contributed by atoms with Crippen LogP contribution in [0.25, 0.3) is 0 Å². The van der Waals surface area contributed by atoms with Gasteiger partial charge in [-0.15, -0.1) is 0 Å². The van der Waals surface area contributed by atoms with Crippen molar-refractivity contribution in [3.63, 3.8) is 0 Å². The lowest BCUT2D eigenvalue weighted by molar-refractivity contribution is -0.139. The standard InChI is InChI=1S/C11H22N2O4/c1-4-9(10(14)15)12-11(16)13(5-2)7-8-17-6-3/h9H,4-8H2,1-3H3,(H,12,16)(H,14,15)/t9-/m0/s1. The zero-order valence-electron chi connectivity index (χ0n) is 10.7. The topological polar surface area (TPSA) is 78.9 Å². The van der Waals surface area contributed by atoms with Crippen molar-refractivity contribution in [3.05, 3.63) is 0 Å². The number of nitrogens with one attached hydrogen (secondary N) is 1. The number of ether oxygens (including phenoxy) is 1. The first-order chi connectivity index (χ1) is 8.06. The molecule has 0 fully saturated rings. The minimum absolute atomic E-state index is 0.360. The molecule has 0 aromatic carbocycles. The summed E-state index contributed by atoms with van der Waals surface area (Å²) >= 11 is 0. The SMILES string of the molecule is CCOCCN(CC)C(=O)N[C@@H](CC)C(=O)O. The predicted octanol–water partition coefficient (Wildman–Crippen LogP) is 0.918. The van der Waals surface area contributed by atoms with Gasteiger partial charge in [-0.1, -0.05) is 6.92 Å². The molecule has 0 unspecified atom stereocenters. The van der Waals surface area contributed by atoms with Crippen molar-refractivity contribution in [1.29, 1.82) is 0 Å². The lowest BCUT2D eigenvalue weighted by Gasteiger charge is -2.23. The van der Waals surface area contributed by atoms with Crippen LogP contribution in [0.3, 0.4) is 0 Å². The summed E-state index contributed by atoms with van der Waals surface area (Å²) in [6.45, 7) is 7.49. The molecule has 2 N–H and O–H groups in total. The Balaban J connectivity index is 4.18. The molecule has 0 saturated heterocycles. The maximum absolute atomic E-state index is 11.7. The highest BCUT2D eigenvalue weighted by atomic mass is 16.5. The molecule has 0 spiro atoms. The van der Waals surface area contributed by atoms with E-state index in [-0.39, 0.29) is 6.03 Å². The molecule has 0 rings (SSSR count). The summed E-state index contributed by atoms with van der Waals surface area (Å²) in [6, 6.07) is -1.19. The summed E-state index contributed by atoms with van der Waals surface area (Å²) in [6.07, 6.45) is 0.365. The molecule has 0 radical (unpaired) electrons. The van der Waals surface area contributed by atoms with Crippen molar-refractivity contribution in [2.24, 2.45) is 0 Å². The van der Waals surface area contributed by atoms with Crippen molar-refractivity contribution in [1.82, 2.24) is 10.2 Å². The van der Waals surface area contributed by atoms with Crippen LogP contribution in [0.15, 0.2) is 0 Å². The van der Waals surface area contributed by atoms with Gasteiger partial charge in [-0.25, -0.2) is 9.59 Å². The average molecular weight is 246 g/mol. The van der Waals surface area contributed by atoms with Gasteiger partial charge in [0, 0.05) is 19.7 Å². The molecule has 0 aliphatic heterocycles. The molecule has 0 aromatic heterocycles. The number of likely N-dealkylation sites (N-methyl/N-ethyl adjacent to an activating group) is 1. The lowest BCUT2D eigenvalue weighted by Crippen LogP contribution is -2.48. The summed E-state index contributed by atoms with van der Waals surface area (Å²) in [4.78, 5) is 24.0. The first-order valence-electron chi connectivity index (χ1n) is 5.92. The quantitative estimate of drug-likeness (QED) is 0.624. The molecule has 0 heterocycles. The van der Waals surface area contributed by atoms with E-state index in [0.29, 0.717) is 32.7 Å². The van der Waals surface area contributed by atoms with E-state index in [1.54, 1.807) is 6.92 Å². The number of aliphatic carboxylic acids is 1. The van der Waals surface area contributed by atoms with E-state index in [1.165, 1.54) is 4.90 Å². The first-order valence-corrected chi connectivity index (χ1v) is 5.92. The van der Waals surface area contributed by atoms with Crippen molar-refractivity contribution in [2.45, 2.75) is 33.2 Å². The number of carboxylic acids is 1. The Hall–Kier alpha value is -1.30.